The molecule has 0 radical (unpaired) electrons. The second-order valence-electron chi connectivity index (χ2n) is 4.30. The number of para-hydroxylation sites is 2. The molecule has 0 bridgehead atoms. The minimum absolute atomic E-state index is 0.560. The first kappa shape index (κ1) is 13.5. The number of nitrogens with zero attached hydrogens (tertiary/aromatic N) is 1. The van der Waals surface area contributed by atoms with E-state index in [1.807, 2.05) is 42.5 Å². The Hall–Kier alpha value is -1.49. The van der Waals surface area contributed by atoms with Gasteiger partial charge in [-0.3, -0.25) is 0 Å². The van der Waals surface area contributed by atoms with Crippen molar-refractivity contribution in [1.82, 2.24) is 4.98 Å². The molecule has 0 aliphatic heterocycles. The van der Waals surface area contributed by atoms with Gasteiger partial charge >= 0.3 is 0 Å². The average Bonchev–Trinajstić information content (AvgIpc) is 2.85. The average molecular weight is 305 g/mol. The molecule has 102 valence electrons. The molecule has 0 amide bonds. The SMILES string of the molecule is NCCc1c(Cl)cccc1Sc1nc2ccccc2o1. The van der Waals surface area contributed by atoms with Gasteiger partial charge in [0.15, 0.2) is 5.58 Å². The quantitative estimate of drug-likeness (QED) is 0.787. The van der Waals surface area contributed by atoms with Crippen molar-refractivity contribution >= 4 is 34.5 Å². The van der Waals surface area contributed by atoms with Gasteiger partial charge in [-0.15, -0.1) is 0 Å². The third-order valence-electron chi connectivity index (χ3n) is 2.94. The molecular weight excluding hydrogens is 292 g/mol. The van der Waals surface area contributed by atoms with Gasteiger partial charge in [0.1, 0.15) is 5.52 Å². The van der Waals surface area contributed by atoms with Crippen LogP contribution in [0.3, 0.4) is 0 Å². The first-order chi connectivity index (χ1) is 9.78. The molecule has 0 unspecified atom stereocenters. The highest BCUT2D eigenvalue weighted by Crippen LogP contribution is 2.34. The molecule has 0 atom stereocenters. The lowest BCUT2D eigenvalue weighted by molar-refractivity contribution is 0.489. The van der Waals surface area contributed by atoms with E-state index in [1.165, 1.54) is 11.8 Å². The third kappa shape index (κ3) is 2.68. The van der Waals surface area contributed by atoms with E-state index in [0.717, 1.165) is 33.0 Å². The molecule has 0 fully saturated rings. The van der Waals surface area contributed by atoms with Crippen molar-refractivity contribution in [2.45, 2.75) is 16.5 Å². The van der Waals surface area contributed by atoms with E-state index in [4.69, 9.17) is 21.8 Å². The number of benzene rings is 2. The lowest BCUT2D eigenvalue weighted by Crippen LogP contribution is -2.04. The summed E-state index contributed by atoms with van der Waals surface area (Å²) >= 11 is 7.71. The number of halogens is 1. The molecule has 1 aromatic heterocycles. The number of oxazole rings is 1. The summed E-state index contributed by atoms with van der Waals surface area (Å²) in [5.41, 5.74) is 8.34. The van der Waals surface area contributed by atoms with Gasteiger partial charge in [0.2, 0.25) is 0 Å². The summed E-state index contributed by atoms with van der Waals surface area (Å²) < 4.78 is 5.72. The minimum atomic E-state index is 0.560. The Morgan fingerprint density at radius 1 is 1.15 bits per heavy atom. The molecule has 2 aromatic carbocycles. The summed E-state index contributed by atoms with van der Waals surface area (Å²) in [7, 11) is 0. The van der Waals surface area contributed by atoms with E-state index in [0.29, 0.717) is 11.8 Å². The third-order valence-corrected chi connectivity index (χ3v) is 4.25. The van der Waals surface area contributed by atoms with Gasteiger partial charge in [-0.05, 0) is 54.6 Å². The van der Waals surface area contributed by atoms with Crippen LogP contribution in [0.25, 0.3) is 11.1 Å². The Bertz CT molecular complexity index is 709. The number of hydrogen-bond acceptors (Lipinski definition) is 4. The molecule has 5 heteroatoms. The zero-order valence-corrected chi connectivity index (χ0v) is 12.2. The lowest BCUT2D eigenvalue weighted by atomic mass is 10.1. The number of nitrogens with two attached hydrogens (primary N) is 1. The minimum Gasteiger partial charge on any atom is -0.431 e. The Labute approximate surface area is 126 Å². The fourth-order valence-electron chi connectivity index (χ4n) is 2.01. The highest BCUT2D eigenvalue weighted by molar-refractivity contribution is 7.99. The molecule has 1 heterocycles. The smallest absolute Gasteiger partial charge is 0.261 e. The molecule has 0 aliphatic carbocycles. The first-order valence-corrected chi connectivity index (χ1v) is 7.48. The fourth-order valence-corrected chi connectivity index (χ4v) is 3.28. The Balaban J connectivity index is 1.96. The van der Waals surface area contributed by atoms with E-state index >= 15 is 0 Å². The van der Waals surface area contributed by atoms with Gasteiger partial charge in [-0.25, -0.2) is 4.98 Å². The predicted molar refractivity (Wildman–Crippen MR) is 82.3 cm³/mol. The van der Waals surface area contributed by atoms with Gasteiger partial charge < -0.3 is 10.2 Å². The summed E-state index contributed by atoms with van der Waals surface area (Å²) in [6.07, 6.45) is 0.738. The maximum absolute atomic E-state index is 6.23. The van der Waals surface area contributed by atoms with Crippen molar-refractivity contribution in [2.24, 2.45) is 5.73 Å². The summed E-state index contributed by atoms with van der Waals surface area (Å²) in [4.78, 5) is 5.50. The Kier molecular flexibility index (Phi) is 3.96. The van der Waals surface area contributed by atoms with Crippen LogP contribution in [0.5, 0.6) is 0 Å². The lowest BCUT2D eigenvalue weighted by Gasteiger charge is -2.08. The monoisotopic (exact) mass is 304 g/mol. The number of rotatable bonds is 4. The zero-order valence-electron chi connectivity index (χ0n) is 10.7. The summed E-state index contributed by atoms with van der Waals surface area (Å²) in [5.74, 6) is 0. The predicted octanol–water partition coefficient (Wildman–Crippen LogP) is 4.13. The maximum Gasteiger partial charge on any atom is 0.261 e. The summed E-state index contributed by atoms with van der Waals surface area (Å²) in [5, 5.41) is 1.35. The van der Waals surface area contributed by atoms with Crippen molar-refractivity contribution in [3.05, 3.63) is 53.1 Å². The Morgan fingerprint density at radius 3 is 2.80 bits per heavy atom. The topological polar surface area (TPSA) is 52.0 Å². The van der Waals surface area contributed by atoms with Crippen LogP contribution in [-0.2, 0) is 6.42 Å². The van der Waals surface area contributed by atoms with Crippen LogP contribution in [0, 0.1) is 0 Å². The number of aromatic nitrogens is 1. The van der Waals surface area contributed by atoms with Gasteiger partial charge in [0, 0.05) is 9.92 Å². The fraction of sp³-hybridized carbons (Fsp3) is 0.133. The van der Waals surface area contributed by atoms with Crippen molar-refractivity contribution in [3.63, 3.8) is 0 Å². The highest BCUT2D eigenvalue weighted by Gasteiger charge is 2.12. The van der Waals surface area contributed by atoms with Crippen LogP contribution < -0.4 is 5.73 Å². The molecule has 0 spiro atoms. The normalized spacial score (nSPS) is 11.1. The van der Waals surface area contributed by atoms with E-state index in [2.05, 4.69) is 4.98 Å². The largest absolute Gasteiger partial charge is 0.431 e. The first-order valence-electron chi connectivity index (χ1n) is 6.29. The molecule has 3 nitrogen and oxygen atoms in total. The van der Waals surface area contributed by atoms with E-state index in [1.54, 1.807) is 0 Å². The van der Waals surface area contributed by atoms with Crippen molar-refractivity contribution in [2.75, 3.05) is 6.54 Å². The molecule has 0 saturated carbocycles. The molecular formula is C15H13ClN2OS. The van der Waals surface area contributed by atoms with Crippen molar-refractivity contribution in [3.8, 4) is 0 Å². The summed E-state index contributed by atoms with van der Waals surface area (Å²) in [6, 6.07) is 13.5. The van der Waals surface area contributed by atoms with Crippen LogP contribution in [0.4, 0.5) is 0 Å². The van der Waals surface area contributed by atoms with Crippen molar-refractivity contribution < 1.29 is 4.42 Å². The van der Waals surface area contributed by atoms with Crippen LogP contribution >= 0.6 is 23.4 Å². The van der Waals surface area contributed by atoms with Crippen LogP contribution in [0.2, 0.25) is 5.02 Å². The standard InChI is InChI=1S/C15H13ClN2OS/c16-11-4-3-7-14(10(11)8-9-17)20-15-18-12-5-1-2-6-13(12)19-15/h1-7H,8-9,17H2. The van der Waals surface area contributed by atoms with Crippen molar-refractivity contribution in [1.29, 1.82) is 0 Å². The van der Waals surface area contributed by atoms with Crippen LogP contribution in [-0.4, -0.2) is 11.5 Å². The number of fused-ring (bicyclic) bond motifs is 1. The molecule has 20 heavy (non-hydrogen) atoms. The second kappa shape index (κ2) is 5.87. The molecule has 3 aromatic rings. The molecule has 2 N–H and O–H groups in total. The zero-order chi connectivity index (χ0) is 13.9. The van der Waals surface area contributed by atoms with E-state index in [9.17, 15) is 0 Å². The second-order valence-corrected chi connectivity index (χ2v) is 5.71. The van der Waals surface area contributed by atoms with Gasteiger partial charge in [0.25, 0.3) is 5.22 Å². The van der Waals surface area contributed by atoms with Crippen LogP contribution in [0.1, 0.15) is 5.56 Å². The molecule has 0 aliphatic rings. The van der Waals surface area contributed by atoms with E-state index < -0.39 is 0 Å². The number of hydrogen-bond donors (Lipinski definition) is 1. The van der Waals surface area contributed by atoms with Gasteiger partial charge in [-0.2, -0.15) is 0 Å². The highest BCUT2D eigenvalue weighted by atomic mass is 35.5. The van der Waals surface area contributed by atoms with Crippen LogP contribution in [0.15, 0.2) is 57.0 Å². The molecule has 0 saturated heterocycles. The maximum atomic E-state index is 6.23. The molecule has 3 rings (SSSR count). The summed E-state index contributed by atoms with van der Waals surface area (Å²) in [6.45, 7) is 0.560. The van der Waals surface area contributed by atoms with E-state index in [-0.39, 0.29) is 0 Å². The van der Waals surface area contributed by atoms with Gasteiger partial charge in [-0.1, -0.05) is 29.8 Å². The van der Waals surface area contributed by atoms with Gasteiger partial charge in [0.05, 0.1) is 0 Å². The Morgan fingerprint density at radius 2 is 2.00 bits per heavy atom.